The second-order valence-corrected chi connectivity index (χ2v) is 3.95. The molecule has 0 spiro atoms. The van der Waals surface area contributed by atoms with E-state index in [0.29, 0.717) is 12.3 Å². The number of nitrogens with zero attached hydrogens (tertiary/aromatic N) is 1. The molecule has 3 N–H and O–H groups in total. The molecule has 1 rings (SSSR count). The largest absolute Gasteiger partial charge is 0.480 e. The third-order valence-electron chi connectivity index (χ3n) is 2.61. The maximum absolute atomic E-state index is 11.9. The van der Waals surface area contributed by atoms with E-state index in [4.69, 9.17) is 14.6 Å². The van der Waals surface area contributed by atoms with E-state index in [1.807, 2.05) is 0 Å². The Morgan fingerprint density at radius 3 is 2.74 bits per heavy atom. The Hall–Kier alpha value is -2.02. The Balaban J connectivity index is 2.59. The zero-order valence-corrected chi connectivity index (χ0v) is 10.7. The molecule has 0 aliphatic heterocycles. The van der Waals surface area contributed by atoms with E-state index >= 15 is 0 Å². The van der Waals surface area contributed by atoms with E-state index < -0.39 is 18.0 Å². The molecular weight excluding hydrogens is 252 g/mol. The van der Waals surface area contributed by atoms with E-state index in [-0.39, 0.29) is 19.6 Å². The van der Waals surface area contributed by atoms with Gasteiger partial charge in [0.1, 0.15) is 11.8 Å². The predicted octanol–water partition coefficient (Wildman–Crippen LogP) is 0.647. The van der Waals surface area contributed by atoms with Crippen molar-refractivity contribution in [2.24, 2.45) is 0 Å². The number of carbonyl (C=O) groups is 2. The molecule has 0 saturated carbocycles. The van der Waals surface area contributed by atoms with Gasteiger partial charge in [-0.3, -0.25) is 0 Å². The maximum Gasteiger partial charge on any atom is 0.326 e. The molecule has 1 heterocycles. The molecule has 0 aliphatic carbocycles. The Morgan fingerprint density at radius 1 is 1.53 bits per heavy atom. The third-order valence-corrected chi connectivity index (χ3v) is 2.61. The number of rotatable bonds is 7. The Bertz CT molecular complexity index is 404. The minimum absolute atomic E-state index is 0.0284. The van der Waals surface area contributed by atoms with Gasteiger partial charge in [-0.2, -0.15) is 0 Å². The van der Waals surface area contributed by atoms with E-state index in [9.17, 15) is 9.59 Å². The van der Waals surface area contributed by atoms with Crippen molar-refractivity contribution in [2.45, 2.75) is 25.9 Å². The highest BCUT2D eigenvalue weighted by Crippen LogP contribution is 2.06. The molecule has 19 heavy (non-hydrogen) atoms. The van der Waals surface area contributed by atoms with Crippen LogP contribution < -0.4 is 5.32 Å². The second kappa shape index (κ2) is 7.42. The summed E-state index contributed by atoms with van der Waals surface area (Å²) in [5.74, 6) is -0.553. The van der Waals surface area contributed by atoms with Crippen molar-refractivity contribution in [3.05, 3.63) is 24.2 Å². The molecule has 2 amide bonds. The molecule has 1 unspecified atom stereocenters. The lowest BCUT2D eigenvalue weighted by molar-refractivity contribution is -0.139. The van der Waals surface area contributed by atoms with Crippen molar-refractivity contribution < 1.29 is 24.2 Å². The first-order valence-corrected chi connectivity index (χ1v) is 6.00. The Kier molecular flexibility index (Phi) is 5.87. The highest BCUT2D eigenvalue weighted by molar-refractivity contribution is 5.82. The lowest BCUT2D eigenvalue weighted by Crippen LogP contribution is -2.48. The van der Waals surface area contributed by atoms with Crippen LogP contribution in [0.25, 0.3) is 0 Å². The van der Waals surface area contributed by atoms with Gasteiger partial charge in [0, 0.05) is 19.6 Å². The first-order chi connectivity index (χ1) is 9.08. The summed E-state index contributed by atoms with van der Waals surface area (Å²) in [7, 11) is 0. The van der Waals surface area contributed by atoms with Gasteiger partial charge < -0.3 is 24.8 Å². The molecule has 7 nitrogen and oxygen atoms in total. The molecule has 106 valence electrons. The van der Waals surface area contributed by atoms with Gasteiger partial charge in [-0.15, -0.1) is 0 Å². The highest BCUT2D eigenvalue weighted by atomic mass is 16.4. The van der Waals surface area contributed by atoms with Crippen LogP contribution in [0.2, 0.25) is 0 Å². The number of nitrogens with one attached hydrogen (secondary N) is 1. The molecule has 7 heteroatoms. The molecular formula is C12H18N2O5. The average molecular weight is 270 g/mol. The zero-order valence-electron chi connectivity index (χ0n) is 10.7. The number of hydrogen-bond donors (Lipinski definition) is 3. The number of carboxylic acids is 1. The summed E-state index contributed by atoms with van der Waals surface area (Å²) >= 11 is 0. The number of hydrogen-bond acceptors (Lipinski definition) is 4. The lowest BCUT2D eigenvalue weighted by Gasteiger charge is -2.22. The number of amides is 2. The van der Waals surface area contributed by atoms with Crippen molar-refractivity contribution in [1.82, 2.24) is 10.2 Å². The lowest BCUT2D eigenvalue weighted by atomic mass is 10.2. The normalized spacial score (nSPS) is 11.9. The summed E-state index contributed by atoms with van der Waals surface area (Å²) in [6.45, 7) is 2.16. The Labute approximate surface area is 110 Å². The van der Waals surface area contributed by atoms with E-state index in [2.05, 4.69) is 5.32 Å². The Morgan fingerprint density at radius 2 is 2.26 bits per heavy atom. The summed E-state index contributed by atoms with van der Waals surface area (Å²) in [6, 6.07) is 1.86. The van der Waals surface area contributed by atoms with Crippen LogP contribution in [0.5, 0.6) is 0 Å². The first-order valence-electron chi connectivity index (χ1n) is 6.00. The summed E-state index contributed by atoms with van der Waals surface area (Å²) in [5, 5.41) is 20.0. The van der Waals surface area contributed by atoms with E-state index in [1.165, 1.54) is 11.2 Å². The fraction of sp³-hybridized carbons (Fsp3) is 0.500. The number of aliphatic hydroxyl groups is 1. The van der Waals surface area contributed by atoms with Crippen LogP contribution in [0.15, 0.2) is 22.8 Å². The molecule has 0 radical (unpaired) electrons. The van der Waals surface area contributed by atoms with Crippen molar-refractivity contribution in [1.29, 1.82) is 0 Å². The smallest absolute Gasteiger partial charge is 0.326 e. The predicted molar refractivity (Wildman–Crippen MR) is 66.5 cm³/mol. The van der Waals surface area contributed by atoms with Crippen molar-refractivity contribution in [3.63, 3.8) is 0 Å². The number of aliphatic hydroxyl groups excluding tert-OH is 1. The molecule has 1 aromatic rings. The molecule has 0 fully saturated rings. The van der Waals surface area contributed by atoms with Crippen LogP contribution in [0.1, 0.15) is 19.1 Å². The molecule has 0 bridgehead atoms. The molecule has 0 aliphatic rings. The fourth-order valence-electron chi connectivity index (χ4n) is 1.54. The van der Waals surface area contributed by atoms with Gasteiger partial charge in [0.15, 0.2) is 0 Å². The quantitative estimate of drug-likeness (QED) is 0.675. The van der Waals surface area contributed by atoms with Crippen LogP contribution >= 0.6 is 0 Å². The minimum Gasteiger partial charge on any atom is -0.480 e. The van der Waals surface area contributed by atoms with Gasteiger partial charge in [-0.1, -0.05) is 0 Å². The van der Waals surface area contributed by atoms with Gasteiger partial charge in [-0.05, 0) is 19.1 Å². The number of aliphatic carboxylic acids is 1. The van der Waals surface area contributed by atoms with Crippen LogP contribution in [0, 0.1) is 0 Å². The van der Waals surface area contributed by atoms with Gasteiger partial charge in [0.2, 0.25) is 0 Å². The van der Waals surface area contributed by atoms with Crippen LogP contribution in [0.3, 0.4) is 0 Å². The number of carboxylic acid groups (broad SMARTS) is 1. The minimum atomic E-state index is -1.17. The number of urea groups is 1. The molecule has 1 atom stereocenters. The SMILES string of the molecule is CCN(Cc1ccco1)C(=O)NC(CCO)C(=O)O. The summed E-state index contributed by atoms with van der Waals surface area (Å²) < 4.78 is 5.14. The van der Waals surface area contributed by atoms with Crippen LogP contribution in [0.4, 0.5) is 4.79 Å². The third kappa shape index (κ3) is 4.63. The van der Waals surface area contributed by atoms with Gasteiger partial charge >= 0.3 is 12.0 Å². The van der Waals surface area contributed by atoms with E-state index in [1.54, 1.807) is 19.1 Å². The fourth-order valence-corrected chi connectivity index (χ4v) is 1.54. The van der Waals surface area contributed by atoms with E-state index in [0.717, 1.165) is 0 Å². The maximum atomic E-state index is 11.9. The van der Waals surface area contributed by atoms with Gasteiger partial charge in [-0.25, -0.2) is 9.59 Å². The topological polar surface area (TPSA) is 103 Å². The second-order valence-electron chi connectivity index (χ2n) is 3.95. The summed E-state index contributed by atoms with van der Waals surface area (Å²) in [4.78, 5) is 24.2. The zero-order chi connectivity index (χ0) is 14.3. The first kappa shape index (κ1) is 15.0. The molecule has 0 saturated heterocycles. The summed E-state index contributed by atoms with van der Waals surface area (Å²) in [5.41, 5.74) is 0. The monoisotopic (exact) mass is 270 g/mol. The highest BCUT2D eigenvalue weighted by Gasteiger charge is 2.22. The van der Waals surface area contributed by atoms with Gasteiger partial charge in [0.05, 0.1) is 12.8 Å². The molecule has 0 aromatic carbocycles. The summed E-state index contributed by atoms with van der Waals surface area (Å²) in [6.07, 6.45) is 1.48. The standard InChI is InChI=1S/C12H18N2O5/c1-2-14(8-9-4-3-7-19-9)12(18)13-10(5-6-15)11(16)17/h3-4,7,10,15H,2,5-6,8H2,1H3,(H,13,18)(H,16,17). The van der Waals surface area contributed by atoms with Gasteiger partial charge in [0.25, 0.3) is 0 Å². The van der Waals surface area contributed by atoms with Crippen molar-refractivity contribution in [2.75, 3.05) is 13.2 Å². The number of carbonyl (C=O) groups excluding carboxylic acids is 1. The molecule has 1 aromatic heterocycles. The van der Waals surface area contributed by atoms with Crippen molar-refractivity contribution >= 4 is 12.0 Å². The number of furan rings is 1. The van der Waals surface area contributed by atoms with Crippen LogP contribution in [-0.2, 0) is 11.3 Å². The average Bonchev–Trinajstić information content (AvgIpc) is 2.87. The van der Waals surface area contributed by atoms with Crippen LogP contribution in [-0.4, -0.2) is 46.3 Å². The van der Waals surface area contributed by atoms with Crippen molar-refractivity contribution in [3.8, 4) is 0 Å².